The van der Waals surface area contributed by atoms with E-state index in [1.54, 1.807) is 12.1 Å². The Morgan fingerprint density at radius 2 is 1.85 bits per heavy atom. The molecule has 1 unspecified atom stereocenters. The van der Waals surface area contributed by atoms with Crippen molar-refractivity contribution in [3.05, 3.63) is 59.9 Å². The highest BCUT2D eigenvalue weighted by molar-refractivity contribution is 5.79. The predicted octanol–water partition coefficient (Wildman–Crippen LogP) is 5.07. The molecule has 2 fully saturated rings. The Kier molecular flexibility index (Phi) is 4.34. The predicted molar refractivity (Wildman–Crippen MR) is 102 cm³/mol. The Morgan fingerprint density at radius 3 is 2.50 bits per heavy atom. The van der Waals surface area contributed by atoms with E-state index >= 15 is 0 Å². The first kappa shape index (κ1) is 17.3. The van der Waals surface area contributed by atoms with Gasteiger partial charge in [-0.05, 0) is 59.9 Å². The van der Waals surface area contributed by atoms with Crippen LogP contribution in [0.2, 0.25) is 0 Å². The van der Waals surface area contributed by atoms with Gasteiger partial charge in [0.15, 0.2) is 0 Å². The third kappa shape index (κ3) is 3.40. The normalized spacial score (nSPS) is 20.8. The molecule has 1 amide bonds. The van der Waals surface area contributed by atoms with Crippen LogP contribution < -0.4 is 0 Å². The lowest BCUT2D eigenvalue weighted by Gasteiger charge is -2.26. The van der Waals surface area contributed by atoms with E-state index in [0.717, 1.165) is 30.5 Å². The van der Waals surface area contributed by atoms with Crippen molar-refractivity contribution in [1.29, 1.82) is 0 Å². The van der Waals surface area contributed by atoms with Crippen molar-refractivity contribution >= 4 is 5.91 Å². The van der Waals surface area contributed by atoms with E-state index in [1.807, 2.05) is 32.0 Å². The minimum atomic E-state index is -0.215. The third-order valence-electron chi connectivity index (χ3n) is 5.91. The van der Waals surface area contributed by atoms with E-state index < -0.39 is 0 Å². The smallest absolute Gasteiger partial charge is 0.225 e. The first-order chi connectivity index (χ1) is 12.5. The Morgan fingerprint density at radius 1 is 1.15 bits per heavy atom. The zero-order valence-electron chi connectivity index (χ0n) is 15.5. The zero-order valence-corrected chi connectivity index (χ0v) is 15.5. The summed E-state index contributed by atoms with van der Waals surface area (Å²) in [5.41, 5.74) is 3.54. The van der Waals surface area contributed by atoms with Gasteiger partial charge in [0.2, 0.25) is 5.91 Å². The summed E-state index contributed by atoms with van der Waals surface area (Å²) in [4.78, 5) is 14.8. The quantitative estimate of drug-likeness (QED) is 0.753. The lowest BCUT2D eigenvalue weighted by atomic mass is 9.95. The van der Waals surface area contributed by atoms with E-state index in [1.165, 1.54) is 24.5 Å². The van der Waals surface area contributed by atoms with Gasteiger partial charge >= 0.3 is 0 Å². The Hall–Kier alpha value is -2.16. The molecule has 1 atom stereocenters. The van der Waals surface area contributed by atoms with Gasteiger partial charge in [0.25, 0.3) is 0 Å². The maximum atomic E-state index is 13.5. The van der Waals surface area contributed by atoms with E-state index in [9.17, 15) is 9.18 Å². The molecule has 1 spiro atoms. The minimum Gasteiger partial charge on any atom is -0.339 e. The number of carbonyl (C=O) groups is 1. The van der Waals surface area contributed by atoms with Crippen LogP contribution in [0.1, 0.15) is 38.7 Å². The largest absolute Gasteiger partial charge is 0.339 e. The van der Waals surface area contributed by atoms with Gasteiger partial charge in [0, 0.05) is 18.5 Å². The molecule has 2 nitrogen and oxygen atoms in total. The van der Waals surface area contributed by atoms with Crippen LogP contribution in [0.3, 0.4) is 0 Å². The molecule has 4 rings (SSSR count). The molecular weight excluding hydrogens is 325 g/mol. The fourth-order valence-corrected chi connectivity index (χ4v) is 4.29. The molecule has 2 aliphatic rings. The molecule has 0 bridgehead atoms. The number of hydrogen-bond acceptors (Lipinski definition) is 1. The molecule has 0 radical (unpaired) electrons. The number of likely N-dealkylation sites (tertiary alicyclic amines) is 1. The Labute approximate surface area is 155 Å². The number of nitrogens with zero attached hydrogens (tertiary/aromatic N) is 1. The van der Waals surface area contributed by atoms with Crippen molar-refractivity contribution < 1.29 is 9.18 Å². The highest BCUT2D eigenvalue weighted by atomic mass is 19.1. The van der Waals surface area contributed by atoms with Crippen LogP contribution in [-0.2, 0) is 11.2 Å². The van der Waals surface area contributed by atoms with Gasteiger partial charge in [0.1, 0.15) is 5.82 Å². The van der Waals surface area contributed by atoms with Crippen molar-refractivity contribution in [3.8, 4) is 11.1 Å². The monoisotopic (exact) mass is 351 g/mol. The maximum absolute atomic E-state index is 13.5. The molecular formula is C23H26FNO. The Bertz CT molecular complexity index is 824. The van der Waals surface area contributed by atoms with Gasteiger partial charge < -0.3 is 4.90 Å². The average molecular weight is 351 g/mol. The van der Waals surface area contributed by atoms with Crippen LogP contribution in [0.25, 0.3) is 11.1 Å². The SMILES string of the molecule is CC(C)C(=O)N1CC2(CC2)CC1Cc1cccc(-c2cccc(F)c2)c1. The topological polar surface area (TPSA) is 20.3 Å². The third-order valence-corrected chi connectivity index (χ3v) is 5.91. The van der Waals surface area contributed by atoms with Gasteiger partial charge in [-0.1, -0.05) is 50.2 Å². The van der Waals surface area contributed by atoms with Crippen LogP contribution in [-0.4, -0.2) is 23.4 Å². The van der Waals surface area contributed by atoms with Crippen molar-refractivity contribution in [2.75, 3.05) is 6.54 Å². The number of rotatable bonds is 4. The summed E-state index contributed by atoms with van der Waals surface area (Å²) in [5, 5.41) is 0. The summed E-state index contributed by atoms with van der Waals surface area (Å²) >= 11 is 0. The van der Waals surface area contributed by atoms with Gasteiger partial charge in [-0.3, -0.25) is 4.79 Å². The molecule has 1 saturated carbocycles. The van der Waals surface area contributed by atoms with Crippen molar-refractivity contribution in [2.24, 2.45) is 11.3 Å². The van der Waals surface area contributed by atoms with Crippen LogP contribution in [0.4, 0.5) is 4.39 Å². The summed E-state index contributed by atoms with van der Waals surface area (Å²) in [6.45, 7) is 4.90. The second kappa shape index (κ2) is 6.53. The zero-order chi connectivity index (χ0) is 18.3. The van der Waals surface area contributed by atoms with Crippen molar-refractivity contribution in [3.63, 3.8) is 0 Å². The molecule has 1 aliphatic heterocycles. The molecule has 1 saturated heterocycles. The van der Waals surface area contributed by atoms with Crippen LogP contribution in [0, 0.1) is 17.2 Å². The summed E-state index contributed by atoms with van der Waals surface area (Å²) in [6, 6.07) is 15.3. The van der Waals surface area contributed by atoms with Gasteiger partial charge in [-0.2, -0.15) is 0 Å². The molecule has 2 aromatic carbocycles. The van der Waals surface area contributed by atoms with Crippen LogP contribution in [0.15, 0.2) is 48.5 Å². The highest BCUT2D eigenvalue weighted by Gasteiger charge is 2.53. The summed E-state index contributed by atoms with van der Waals surface area (Å²) < 4.78 is 13.5. The fourth-order valence-electron chi connectivity index (χ4n) is 4.29. The van der Waals surface area contributed by atoms with E-state index in [2.05, 4.69) is 17.0 Å². The lowest BCUT2D eigenvalue weighted by molar-refractivity contribution is -0.135. The van der Waals surface area contributed by atoms with Crippen molar-refractivity contribution in [2.45, 2.75) is 45.6 Å². The second-order valence-corrected chi connectivity index (χ2v) is 8.39. The van der Waals surface area contributed by atoms with Crippen LogP contribution in [0.5, 0.6) is 0 Å². The first-order valence-electron chi connectivity index (χ1n) is 9.61. The number of halogens is 1. The van der Waals surface area contributed by atoms with E-state index in [0.29, 0.717) is 5.41 Å². The summed E-state index contributed by atoms with van der Waals surface area (Å²) in [5.74, 6) is 0.109. The highest BCUT2D eigenvalue weighted by Crippen LogP contribution is 2.55. The van der Waals surface area contributed by atoms with Gasteiger partial charge in [-0.15, -0.1) is 0 Å². The molecule has 1 heterocycles. The van der Waals surface area contributed by atoms with Gasteiger partial charge in [-0.25, -0.2) is 4.39 Å². The van der Waals surface area contributed by atoms with E-state index in [-0.39, 0.29) is 23.7 Å². The fraction of sp³-hybridized carbons (Fsp3) is 0.435. The first-order valence-corrected chi connectivity index (χ1v) is 9.61. The molecule has 2 aromatic rings. The number of hydrogen-bond donors (Lipinski definition) is 0. The summed E-state index contributed by atoms with van der Waals surface area (Å²) in [6.07, 6.45) is 4.52. The standard InChI is InChI=1S/C23H26FNO/c1-16(2)22(26)25-15-23(9-10-23)14-21(25)12-17-5-3-6-18(11-17)19-7-4-8-20(24)13-19/h3-8,11,13,16,21H,9-10,12,14-15H2,1-2H3. The van der Waals surface area contributed by atoms with E-state index in [4.69, 9.17) is 0 Å². The number of carbonyl (C=O) groups excluding carboxylic acids is 1. The summed E-state index contributed by atoms with van der Waals surface area (Å²) in [7, 11) is 0. The number of benzene rings is 2. The minimum absolute atomic E-state index is 0.0463. The number of amides is 1. The average Bonchev–Trinajstić information content (AvgIpc) is 3.28. The van der Waals surface area contributed by atoms with Gasteiger partial charge in [0.05, 0.1) is 0 Å². The lowest BCUT2D eigenvalue weighted by Crippen LogP contribution is -2.39. The van der Waals surface area contributed by atoms with Crippen LogP contribution >= 0.6 is 0 Å². The Balaban J connectivity index is 1.56. The molecule has 136 valence electrons. The maximum Gasteiger partial charge on any atom is 0.225 e. The second-order valence-electron chi connectivity index (χ2n) is 8.39. The molecule has 3 heteroatoms. The molecule has 26 heavy (non-hydrogen) atoms. The molecule has 0 N–H and O–H groups in total. The molecule has 0 aromatic heterocycles. The van der Waals surface area contributed by atoms with Crippen molar-refractivity contribution in [1.82, 2.24) is 4.90 Å². The molecule has 1 aliphatic carbocycles.